The minimum Gasteiger partial charge on any atom is -0.467 e. The molecule has 0 bridgehead atoms. The maximum Gasteiger partial charge on any atom is 0.256 e. The maximum absolute atomic E-state index is 13.7. The third kappa shape index (κ3) is 3.97. The first kappa shape index (κ1) is 21.6. The van der Waals surface area contributed by atoms with Crippen LogP contribution in [0.1, 0.15) is 32.9 Å². The van der Waals surface area contributed by atoms with Gasteiger partial charge in [0, 0.05) is 23.7 Å². The summed E-state index contributed by atoms with van der Waals surface area (Å²) in [4.78, 5) is 17.2. The number of carbonyl (C=O) groups excluding carboxylic acids is 1. The molecule has 1 amide bonds. The van der Waals surface area contributed by atoms with Gasteiger partial charge in [-0.3, -0.25) is 9.78 Å². The molecule has 0 saturated heterocycles. The average Bonchev–Trinajstić information content (AvgIpc) is 3.38. The quantitative estimate of drug-likeness (QED) is 0.467. The topological polar surface area (TPSA) is 94.2 Å². The molecule has 0 aliphatic carbocycles. The predicted molar refractivity (Wildman–Crippen MR) is 121 cm³/mol. The summed E-state index contributed by atoms with van der Waals surface area (Å²) in [5.74, 6) is 0.423. The van der Waals surface area contributed by atoms with Gasteiger partial charge in [0.25, 0.3) is 5.91 Å². The van der Waals surface area contributed by atoms with E-state index in [1.807, 2.05) is 13.8 Å². The Bertz CT molecular complexity index is 1360. The van der Waals surface area contributed by atoms with Crippen molar-refractivity contribution in [3.8, 4) is 0 Å². The summed E-state index contributed by atoms with van der Waals surface area (Å²) in [5.41, 5.74) is 2.62. The number of carbonyl (C=O) groups is 1. The lowest BCUT2D eigenvalue weighted by atomic mass is 10.2. The van der Waals surface area contributed by atoms with E-state index in [0.717, 1.165) is 11.3 Å². The number of nitrogens with one attached hydrogen (secondary N) is 1. The molecule has 0 unspecified atom stereocenters. The van der Waals surface area contributed by atoms with Gasteiger partial charge in [0.2, 0.25) is 9.84 Å². The van der Waals surface area contributed by atoms with E-state index in [0.29, 0.717) is 16.9 Å². The van der Waals surface area contributed by atoms with Crippen LogP contribution in [0.2, 0.25) is 0 Å². The van der Waals surface area contributed by atoms with Crippen LogP contribution in [0, 0.1) is 20.8 Å². The number of hydrogen-bond acceptors (Lipinski definition) is 5. The SMILES string of the molecule is Cc1ccc(S(=O)(=O)c2c(C)c(C)n(Cc3ccco3)c2NC(=O)c2ccncc2)cc1. The molecule has 1 N–H and O–H groups in total. The van der Waals surface area contributed by atoms with Crippen molar-refractivity contribution in [1.29, 1.82) is 0 Å². The molecule has 0 saturated carbocycles. The second-order valence-electron chi connectivity index (χ2n) is 7.56. The van der Waals surface area contributed by atoms with Crippen LogP contribution in [-0.4, -0.2) is 23.9 Å². The minimum atomic E-state index is -3.90. The van der Waals surface area contributed by atoms with E-state index in [2.05, 4.69) is 10.3 Å². The third-order valence-corrected chi connectivity index (χ3v) is 7.37. The summed E-state index contributed by atoms with van der Waals surface area (Å²) in [5, 5.41) is 2.83. The highest BCUT2D eigenvalue weighted by atomic mass is 32.2. The molecule has 8 heteroatoms. The van der Waals surface area contributed by atoms with Gasteiger partial charge in [-0.1, -0.05) is 17.7 Å². The summed E-state index contributed by atoms with van der Waals surface area (Å²) < 4.78 is 34.6. The van der Waals surface area contributed by atoms with Crippen molar-refractivity contribution in [1.82, 2.24) is 9.55 Å². The van der Waals surface area contributed by atoms with Gasteiger partial charge in [-0.15, -0.1) is 0 Å². The Labute approximate surface area is 186 Å². The molecule has 164 valence electrons. The van der Waals surface area contributed by atoms with Crippen molar-refractivity contribution < 1.29 is 17.6 Å². The van der Waals surface area contributed by atoms with E-state index in [4.69, 9.17) is 4.42 Å². The zero-order valence-electron chi connectivity index (χ0n) is 18.0. The van der Waals surface area contributed by atoms with Crippen LogP contribution in [0.3, 0.4) is 0 Å². The molecule has 0 aliphatic heterocycles. The Kier molecular flexibility index (Phi) is 5.71. The van der Waals surface area contributed by atoms with E-state index >= 15 is 0 Å². The highest BCUT2D eigenvalue weighted by molar-refractivity contribution is 7.91. The summed E-state index contributed by atoms with van der Waals surface area (Å²) in [6.45, 7) is 5.74. The zero-order chi connectivity index (χ0) is 22.9. The second-order valence-corrected chi connectivity index (χ2v) is 9.45. The molecule has 0 fully saturated rings. The first-order valence-corrected chi connectivity index (χ1v) is 11.5. The van der Waals surface area contributed by atoms with Crippen LogP contribution < -0.4 is 5.32 Å². The smallest absolute Gasteiger partial charge is 0.256 e. The summed E-state index contributed by atoms with van der Waals surface area (Å²) in [6, 6.07) is 13.4. The van der Waals surface area contributed by atoms with Crippen molar-refractivity contribution in [3.05, 3.63) is 95.3 Å². The third-order valence-electron chi connectivity index (χ3n) is 5.44. The lowest BCUT2D eigenvalue weighted by Gasteiger charge is -2.14. The van der Waals surface area contributed by atoms with Crippen LogP contribution in [-0.2, 0) is 16.4 Å². The van der Waals surface area contributed by atoms with E-state index < -0.39 is 15.7 Å². The van der Waals surface area contributed by atoms with Crippen molar-refractivity contribution in [2.24, 2.45) is 0 Å². The molecule has 0 atom stereocenters. The first-order chi connectivity index (χ1) is 15.3. The van der Waals surface area contributed by atoms with E-state index in [-0.39, 0.29) is 22.2 Å². The van der Waals surface area contributed by atoms with Crippen molar-refractivity contribution in [2.75, 3.05) is 5.32 Å². The Hall–Kier alpha value is -3.65. The largest absolute Gasteiger partial charge is 0.467 e. The van der Waals surface area contributed by atoms with E-state index in [1.54, 1.807) is 66.3 Å². The van der Waals surface area contributed by atoms with Crippen molar-refractivity contribution in [3.63, 3.8) is 0 Å². The standard InChI is InChI=1S/C24H23N3O4S/c1-16-6-8-21(9-7-16)32(29,30)22-17(2)18(3)27(15-20-5-4-14-31-20)23(22)26-24(28)19-10-12-25-13-11-19/h4-14H,15H2,1-3H3,(H,26,28). The Morgan fingerprint density at radius 1 is 1.03 bits per heavy atom. The molecule has 32 heavy (non-hydrogen) atoms. The second kappa shape index (κ2) is 8.47. The van der Waals surface area contributed by atoms with Gasteiger partial charge in [0.15, 0.2) is 0 Å². The molecule has 7 nitrogen and oxygen atoms in total. The van der Waals surface area contributed by atoms with Crippen LogP contribution in [0.25, 0.3) is 0 Å². The highest BCUT2D eigenvalue weighted by Gasteiger charge is 2.31. The van der Waals surface area contributed by atoms with Crippen LogP contribution in [0.5, 0.6) is 0 Å². The number of amides is 1. The minimum absolute atomic E-state index is 0.0767. The predicted octanol–water partition coefficient (Wildman–Crippen LogP) is 4.53. The van der Waals surface area contributed by atoms with Crippen molar-refractivity contribution in [2.45, 2.75) is 37.1 Å². The monoisotopic (exact) mass is 449 g/mol. The number of furan rings is 1. The molecule has 3 heterocycles. The molecule has 0 spiro atoms. The number of sulfone groups is 1. The van der Waals surface area contributed by atoms with Gasteiger partial charge in [-0.05, 0) is 62.7 Å². The fraction of sp³-hybridized carbons (Fsp3) is 0.167. The molecule has 0 aliphatic rings. The average molecular weight is 450 g/mol. The molecule has 4 aromatic rings. The highest BCUT2D eigenvalue weighted by Crippen LogP contribution is 2.36. The Morgan fingerprint density at radius 3 is 2.34 bits per heavy atom. The fourth-order valence-electron chi connectivity index (χ4n) is 3.56. The lowest BCUT2D eigenvalue weighted by molar-refractivity contribution is 0.102. The van der Waals surface area contributed by atoms with Gasteiger partial charge in [0.1, 0.15) is 16.5 Å². The van der Waals surface area contributed by atoms with Gasteiger partial charge in [0.05, 0.1) is 17.7 Å². The van der Waals surface area contributed by atoms with Gasteiger partial charge >= 0.3 is 0 Å². The normalized spacial score (nSPS) is 11.5. The van der Waals surface area contributed by atoms with Gasteiger partial charge < -0.3 is 14.3 Å². The van der Waals surface area contributed by atoms with Gasteiger partial charge in [-0.2, -0.15) is 0 Å². The molecule has 0 radical (unpaired) electrons. The van der Waals surface area contributed by atoms with E-state index in [9.17, 15) is 13.2 Å². The maximum atomic E-state index is 13.7. The molecule has 3 aromatic heterocycles. The van der Waals surface area contributed by atoms with Crippen LogP contribution >= 0.6 is 0 Å². The summed E-state index contributed by atoms with van der Waals surface area (Å²) in [7, 11) is -3.90. The summed E-state index contributed by atoms with van der Waals surface area (Å²) >= 11 is 0. The number of aromatic nitrogens is 2. The Balaban J connectivity index is 1.88. The number of pyridine rings is 1. The number of aryl methyl sites for hydroxylation is 1. The van der Waals surface area contributed by atoms with E-state index in [1.165, 1.54) is 12.4 Å². The number of rotatable bonds is 6. The number of hydrogen-bond donors (Lipinski definition) is 1. The number of benzene rings is 1. The zero-order valence-corrected chi connectivity index (χ0v) is 18.8. The molecule has 1 aromatic carbocycles. The molecular weight excluding hydrogens is 426 g/mol. The molecular formula is C24H23N3O4S. The number of anilines is 1. The van der Waals surface area contributed by atoms with Gasteiger partial charge in [-0.25, -0.2) is 8.42 Å². The summed E-state index contributed by atoms with van der Waals surface area (Å²) in [6.07, 6.45) is 4.58. The van der Waals surface area contributed by atoms with Crippen LogP contribution in [0.4, 0.5) is 5.82 Å². The number of nitrogens with zero attached hydrogens (tertiary/aromatic N) is 2. The Morgan fingerprint density at radius 2 is 1.72 bits per heavy atom. The lowest BCUT2D eigenvalue weighted by Crippen LogP contribution is -2.18. The van der Waals surface area contributed by atoms with Crippen molar-refractivity contribution >= 4 is 21.6 Å². The fourth-order valence-corrected chi connectivity index (χ4v) is 5.26. The first-order valence-electron chi connectivity index (χ1n) is 10.0. The molecule has 4 rings (SSSR count). The van der Waals surface area contributed by atoms with Crippen LogP contribution in [0.15, 0.2) is 81.4 Å².